The zero-order chi connectivity index (χ0) is 13.6. The summed E-state index contributed by atoms with van der Waals surface area (Å²) in [6, 6.07) is 0. The molecule has 0 aromatic heterocycles. The first-order chi connectivity index (χ1) is 7.61. The van der Waals surface area contributed by atoms with Crippen molar-refractivity contribution >= 4 is 17.8 Å². The average molecular weight is 242 g/mol. The Morgan fingerprint density at radius 3 is 2.18 bits per heavy atom. The van der Waals surface area contributed by atoms with E-state index in [1.54, 1.807) is 0 Å². The van der Waals surface area contributed by atoms with Crippen molar-refractivity contribution in [3.05, 3.63) is 12.2 Å². The Hall–Kier alpha value is -1.85. The summed E-state index contributed by atoms with van der Waals surface area (Å²) in [6.45, 7) is 5.38. The van der Waals surface area contributed by atoms with Crippen LogP contribution in [0.3, 0.4) is 0 Å². The lowest BCUT2D eigenvalue weighted by Crippen LogP contribution is -2.46. The molecule has 6 heteroatoms. The summed E-state index contributed by atoms with van der Waals surface area (Å²) in [5, 5.41) is 11.0. The number of likely N-dealkylation sites (N-methyl/N-ethyl adjacent to an activating group) is 1. The highest BCUT2D eigenvalue weighted by atomic mass is 16.4. The van der Waals surface area contributed by atoms with Crippen molar-refractivity contribution in [1.82, 2.24) is 10.2 Å². The van der Waals surface area contributed by atoms with Gasteiger partial charge in [0.1, 0.15) is 0 Å². The minimum absolute atomic E-state index is 0.111. The molecule has 0 heterocycles. The van der Waals surface area contributed by atoms with Gasteiger partial charge < -0.3 is 15.3 Å². The maximum atomic E-state index is 11.5. The van der Waals surface area contributed by atoms with E-state index >= 15 is 0 Å². The van der Waals surface area contributed by atoms with Crippen LogP contribution in [-0.4, -0.2) is 46.9 Å². The highest BCUT2D eigenvalue weighted by molar-refractivity contribution is 5.95. The van der Waals surface area contributed by atoms with Gasteiger partial charge in [0.25, 0.3) is 0 Å². The van der Waals surface area contributed by atoms with E-state index in [9.17, 15) is 14.4 Å². The molecule has 2 amide bonds. The third-order valence-corrected chi connectivity index (χ3v) is 1.64. The number of hydrogen-bond donors (Lipinski definition) is 2. The molecule has 0 unspecified atom stereocenters. The third kappa shape index (κ3) is 8.01. The van der Waals surface area contributed by atoms with Crippen molar-refractivity contribution < 1.29 is 19.5 Å². The van der Waals surface area contributed by atoms with Crippen LogP contribution in [-0.2, 0) is 14.4 Å². The largest absolute Gasteiger partial charge is 0.478 e. The van der Waals surface area contributed by atoms with Gasteiger partial charge >= 0.3 is 5.97 Å². The third-order valence-electron chi connectivity index (χ3n) is 1.64. The molecule has 6 nitrogen and oxygen atoms in total. The maximum absolute atomic E-state index is 11.5. The van der Waals surface area contributed by atoms with Crippen LogP contribution >= 0.6 is 0 Å². The molecule has 2 N–H and O–H groups in total. The number of nitrogens with one attached hydrogen (secondary N) is 1. The molecule has 0 radical (unpaired) electrons. The average Bonchev–Trinajstić information content (AvgIpc) is 2.10. The lowest BCUT2D eigenvalue weighted by molar-refractivity contribution is -0.133. The molecule has 0 aliphatic carbocycles. The predicted molar refractivity (Wildman–Crippen MR) is 62.3 cm³/mol. The lowest BCUT2D eigenvalue weighted by Gasteiger charge is -2.22. The van der Waals surface area contributed by atoms with Crippen LogP contribution in [0.4, 0.5) is 0 Å². The Kier molecular flexibility index (Phi) is 5.37. The van der Waals surface area contributed by atoms with Gasteiger partial charge in [-0.1, -0.05) is 0 Å². The van der Waals surface area contributed by atoms with E-state index in [2.05, 4.69) is 5.32 Å². The molecule has 0 atom stereocenters. The first-order valence-electron chi connectivity index (χ1n) is 5.09. The van der Waals surface area contributed by atoms with Gasteiger partial charge in [-0.2, -0.15) is 0 Å². The molecule has 0 bridgehead atoms. The first-order valence-corrected chi connectivity index (χ1v) is 5.09. The number of aliphatic carboxylic acids is 1. The van der Waals surface area contributed by atoms with Crippen molar-refractivity contribution in [2.24, 2.45) is 0 Å². The van der Waals surface area contributed by atoms with E-state index in [4.69, 9.17) is 5.11 Å². The number of amides is 2. The molecule has 0 rings (SSSR count). The van der Waals surface area contributed by atoms with Crippen molar-refractivity contribution in [3.8, 4) is 0 Å². The van der Waals surface area contributed by atoms with E-state index < -0.39 is 11.9 Å². The molecule has 0 saturated heterocycles. The molecule has 96 valence electrons. The maximum Gasteiger partial charge on any atom is 0.328 e. The lowest BCUT2D eigenvalue weighted by atomic mass is 10.1. The van der Waals surface area contributed by atoms with Gasteiger partial charge in [-0.15, -0.1) is 0 Å². The summed E-state index contributed by atoms with van der Waals surface area (Å²) >= 11 is 0. The molecule has 0 aromatic carbocycles. The Labute approximate surface area is 100 Å². The SMILES string of the molecule is CN(CC(=O)NC(C)(C)C)C(=O)/C=C/C(=O)O. The first kappa shape index (κ1) is 15.2. The van der Waals surface area contributed by atoms with Crippen LogP contribution in [0.15, 0.2) is 12.2 Å². The van der Waals surface area contributed by atoms with Crippen LogP contribution in [0.2, 0.25) is 0 Å². The van der Waals surface area contributed by atoms with Gasteiger partial charge in [0.2, 0.25) is 11.8 Å². The van der Waals surface area contributed by atoms with Gasteiger partial charge in [0.15, 0.2) is 0 Å². The number of nitrogens with zero attached hydrogens (tertiary/aromatic N) is 1. The van der Waals surface area contributed by atoms with Gasteiger partial charge in [0.05, 0.1) is 6.54 Å². The topological polar surface area (TPSA) is 86.7 Å². The highest BCUT2D eigenvalue weighted by Gasteiger charge is 2.16. The van der Waals surface area contributed by atoms with Crippen molar-refractivity contribution in [2.45, 2.75) is 26.3 Å². The van der Waals surface area contributed by atoms with E-state index in [1.807, 2.05) is 20.8 Å². The summed E-state index contributed by atoms with van der Waals surface area (Å²) < 4.78 is 0. The number of carbonyl (C=O) groups is 3. The molecule has 0 saturated carbocycles. The summed E-state index contributed by atoms with van der Waals surface area (Å²) in [4.78, 5) is 34.1. The van der Waals surface area contributed by atoms with Gasteiger partial charge in [-0.3, -0.25) is 9.59 Å². The fraction of sp³-hybridized carbons (Fsp3) is 0.545. The molecular formula is C11H18N2O4. The number of carboxylic acids is 1. The van der Waals surface area contributed by atoms with Crippen molar-refractivity contribution in [2.75, 3.05) is 13.6 Å². The smallest absolute Gasteiger partial charge is 0.328 e. The summed E-state index contributed by atoms with van der Waals surface area (Å²) in [7, 11) is 1.43. The number of carbonyl (C=O) groups excluding carboxylic acids is 2. The number of carboxylic acid groups (broad SMARTS) is 1. The second kappa shape index (κ2) is 6.03. The molecule has 0 fully saturated rings. The van der Waals surface area contributed by atoms with Crippen LogP contribution in [0, 0.1) is 0 Å². The molecule has 17 heavy (non-hydrogen) atoms. The van der Waals surface area contributed by atoms with E-state index in [1.165, 1.54) is 7.05 Å². The zero-order valence-corrected chi connectivity index (χ0v) is 10.5. The number of hydrogen-bond acceptors (Lipinski definition) is 3. The summed E-state index contributed by atoms with van der Waals surface area (Å²) in [5.74, 6) is -2.03. The van der Waals surface area contributed by atoms with Gasteiger partial charge in [-0.05, 0) is 20.8 Å². The van der Waals surface area contributed by atoms with E-state index in [-0.39, 0.29) is 18.0 Å². The van der Waals surface area contributed by atoms with Gasteiger partial charge in [-0.25, -0.2) is 4.79 Å². The van der Waals surface area contributed by atoms with Crippen molar-refractivity contribution in [1.29, 1.82) is 0 Å². The van der Waals surface area contributed by atoms with Crippen LogP contribution in [0.5, 0.6) is 0 Å². The van der Waals surface area contributed by atoms with Crippen LogP contribution < -0.4 is 5.32 Å². The molecular weight excluding hydrogens is 224 g/mol. The fourth-order valence-corrected chi connectivity index (χ4v) is 1.02. The Morgan fingerprint density at radius 1 is 1.24 bits per heavy atom. The summed E-state index contributed by atoms with van der Waals surface area (Å²) in [6.07, 6.45) is 1.65. The fourth-order valence-electron chi connectivity index (χ4n) is 1.02. The van der Waals surface area contributed by atoms with E-state index in [0.29, 0.717) is 0 Å². The van der Waals surface area contributed by atoms with Crippen LogP contribution in [0.25, 0.3) is 0 Å². The minimum Gasteiger partial charge on any atom is -0.478 e. The molecule has 0 aliphatic rings. The van der Waals surface area contributed by atoms with Crippen LogP contribution in [0.1, 0.15) is 20.8 Å². The normalized spacial score (nSPS) is 11.3. The Morgan fingerprint density at radius 2 is 1.76 bits per heavy atom. The summed E-state index contributed by atoms with van der Waals surface area (Å²) in [5.41, 5.74) is -0.363. The zero-order valence-electron chi connectivity index (χ0n) is 10.5. The second-order valence-electron chi connectivity index (χ2n) is 4.66. The molecule has 0 aliphatic heterocycles. The number of rotatable bonds is 4. The van der Waals surface area contributed by atoms with Gasteiger partial charge in [0, 0.05) is 24.7 Å². The van der Waals surface area contributed by atoms with E-state index in [0.717, 1.165) is 17.1 Å². The molecule has 0 spiro atoms. The Balaban J connectivity index is 4.26. The minimum atomic E-state index is -1.20. The van der Waals surface area contributed by atoms with Crippen molar-refractivity contribution in [3.63, 3.8) is 0 Å². The second-order valence-corrected chi connectivity index (χ2v) is 4.66. The standard InChI is InChI=1S/C11H18N2O4/c1-11(2,3)12-8(14)7-13(4)9(15)5-6-10(16)17/h5-6H,7H2,1-4H3,(H,12,14)(H,16,17)/b6-5+. The highest BCUT2D eigenvalue weighted by Crippen LogP contribution is 1.98. The molecule has 0 aromatic rings. The monoisotopic (exact) mass is 242 g/mol. The quantitative estimate of drug-likeness (QED) is 0.679. The Bertz CT molecular complexity index is 342. The predicted octanol–water partition coefficient (Wildman–Crippen LogP) is 0.000300.